The molecule has 0 atom stereocenters. The Morgan fingerprint density at radius 3 is 2.84 bits per heavy atom. The first-order valence-corrected chi connectivity index (χ1v) is 5.91. The summed E-state index contributed by atoms with van der Waals surface area (Å²) in [4.78, 5) is 15.1. The lowest BCUT2D eigenvalue weighted by Crippen LogP contribution is -2.16. The van der Waals surface area contributed by atoms with Gasteiger partial charge in [-0.05, 0) is 24.6 Å². The fourth-order valence-corrected chi connectivity index (χ4v) is 1.29. The van der Waals surface area contributed by atoms with Crippen LogP contribution in [0.25, 0.3) is 0 Å². The summed E-state index contributed by atoms with van der Waals surface area (Å²) in [5.74, 6) is 0.727. The predicted molar refractivity (Wildman–Crippen MR) is 71.5 cm³/mol. The van der Waals surface area contributed by atoms with Crippen LogP contribution >= 0.6 is 0 Å². The number of nitrogens with two attached hydrogens (primary N) is 1. The maximum atomic E-state index is 10.4. The number of ether oxygens (including phenoxy) is 2. The van der Waals surface area contributed by atoms with Gasteiger partial charge in [-0.2, -0.15) is 0 Å². The molecule has 0 aliphatic rings. The highest BCUT2D eigenvalue weighted by Gasteiger charge is 2.04. The van der Waals surface area contributed by atoms with E-state index in [0.29, 0.717) is 18.1 Å². The van der Waals surface area contributed by atoms with E-state index in [0.717, 1.165) is 12.0 Å². The number of amides is 1. The molecule has 0 aliphatic carbocycles. The molecule has 1 rings (SSSR count). The van der Waals surface area contributed by atoms with Gasteiger partial charge in [0.15, 0.2) is 18.1 Å². The van der Waals surface area contributed by atoms with Crippen LogP contribution in [0.3, 0.4) is 0 Å². The molecule has 0 aromatic heterocycles. The lowest BCUT2D eigenvalue weighted by molar-refractivity contribution is -0.122. The van der Waals surface area contributed by atoms with Crippen molar-refractivity contribution in [2.75, 3.05) is 20.3 Å². The number of rotatable bonds is 8. The second-order valence-electron chi connectivity index (χ2n) is 3.73. The van der Waals surface area contributed by atoms with Crippen molar-refractivity contribution >= 4 is 12.1 Å². The lowest BCUT2D eigenvalue weighted by Gasteiger charge is -2.10. The normalized spacial score (nSPS) is 10.4. The van der Waals surface area contributed by atoms with Gasteiger partial charge in [-0.15, -0.1) is 0 Å². The predicted octanol–water partition coefficient (Wildman–Crippen LogP) is 1.32. The Kier molecular flexibility index (Phi) is 6.21. The Morgan fingerprint density at radius 2 is 2.21 bits per heavy atom. The molecule has 0 spiro atoms. The first-order chi connectivity index (χ1) is 9.17. The van der Waals surface area contributed by atoms with Crippen molar-refractivity contribution in [2.24, 2.45) is 10.9 Å². The molecule has 6 heteroatoms. The van der Waals surface area contributed by atoms with E-state index in [1.807, 2.05) is 13.0 Å². The zero-order valence-electron chi connectivity index (χ0n) is 11.1. The minimum atomic E-state index is -0.571. The van der Waals surface area contributed by atoms with Crippen LogP contribution in [0.2, 0.25) is 0 Å². The Balaban J connectivity index is 2.67. The average molecular weight is 266 g/mol. The summed E-state index contributed by atoms with van der Waals surface area (Å²) < 4.78 is 10.8. The minimum Gasteiger partial charge on any atom is -0.493 e. The van der Waals surface area contributed by atoms with Crippen LogP contribution in [0.1, 0.15) is 18.9 Å². The molecule has 1 aromatic rings. The second-order valence-corrected chi connectivity index (χ2v) is 3.73. The Bertz CT molecular complexity index is 446. The molecule has 0 fully saturated rings. The summed E-state index contributed by atoms with van der Waals surface area (Å²) in [6.45, 7) is 2.42. The molecule has 0 aliphatic heterocycles. The third-order valence-electron chi connectivity index (χ3n) is 2.13. The Labute approximate surface area is 112 Å². The van der Waals surface area contributed by atoms with Gasteiger partial charge >= 0.3 is 0 Å². The van der Waals surface area contributed by atoms with E-state index in [2.05, 4.69) is 5.16 Å². The van der Waals surface area contributed by atoms with Gasteiger partial charge in [-0.3, -0.25) is 4.79 Å². The van der Waals surface area contributed by atoms with Crippen molar-refractivity contribution in [1.29, 1.82) is 0 Å². The summed E-state index contributed by atoms with van der Waals surface area (Å²) in [5, 5.41) is 3.63. The van der Waals surface area contributed by atoms with E-state index in [9.17, 15) is 4.79 Å². The summed E-state index contributed by atoms with van der Waals surface area (Å²) in [6.07, 6.45) is 2.39. The number of methoxy groups -OCH3 is 1. The third kappa shape index (κ3) is 5.29. The van der Waals surface area contributed by atoms with Gasteiger partial charge < -0.3 is 20.0 Å². The zero-order chi connectivity index (χ0) is 14.1. The number of primary amides is 1. The fourth-order valence-electron chi connectivity index (χ4n) is 1.29. The average Bonchev–Trinajstić information content (AvgIpc) is 2.41. The summed E-state index contributed by atoms with van der Waals surface area (Å²) >= 11 is 0. The van der Waals surface area contributed by atoms with Gasteiger partial charge in [0.2, 0.25) is 0 Å². The van der Waals surface area contributed by atoms with Crippen LogP contribution < -0.4 is 15.2 Å². The number of oxime groups is 1. The largest absolute Gasteiger partial charge is 0.493 e. The number of benzene rings is 1. The molecule has 0 saturated heterocycles. The zero-order valence-corrected chi connectivity index (χ0v) is 11.1. The highest BCUT2D eigenvalue weighted by Crippen LogP contribution is 2.27. The van der Waals surface area contributed by atoms with E-state index in [1.165, 1.54) is 6.21 Å². The quantitative estimate of drug-likeness (QED) is 0.568. The van der Waals surface area contributed by atoms with E-state index >= 15 is 0 Å². The Hall–Kier alpha value is -2.24. The smallest absolute Gasteiger partial charge is 0.258 e. The van der Waals surface area contributed by atoms with Crippen molar-refractivity contribution in [3.05, 3.63) is 23.8 Å². The van der Waals surface area contributed by atoms with Crippen molar-refractivity contribution in [3.8, 4) is 11.5 Å². The van der Waals surface area contributed by atoms with Gasteiger partial charge in [-0.25, -0.2) is 0 Å². The van der Waals surface area contributed by atoms with E-state index in [-0.39, 0.29) is 6.61 Å². The van der Waals surface area contributed by atoms with Gasteiger partial charge in [0.25, 0.3) is 5.91 Å². The van der Waals surface area contributed by atoms with E-state index in [4.69, 9.17) is 20.0 Å². The maximum absolute atomic E-state index is 10.4. The minimum absolute atomic E-state index is 0.245. The number of nitrogens with zero attached hydrogens (tertiary/aromatic N) is 1. The highest BCUT2D eigenvalue weighted by atomic mass is 16.6. The SMILES string of the molecule is CCCOc1ccc(/C=N\OCC(N)=O)cc1OC. The number of hydrogen-bond acceptors (Lipinski definition) is 5. The molecule has 0 bridgehead atoms. The van der Waals surface area contributed by atoms with Crippen LogP contribution in [0.4, 0.5) is 0 Å². The lowest BCUT2D eigenvalue weighted by atomic mass is 10.2. The molecule has 0 unspecified atom stereocenters. The van der Waals surface area contributed by atoms with Crippen molar-refractivity contribution in [1.82, 2.24) is 0 Å². The van der Waals surface area contributed by atoms with Crippen molar-refractivity contribution in [3.63, 3.8) is 0 Å². The monoisotopic (exact) mass is 266 g/mol. The summed E-state index contributed by atoms with van der Waals surface area (Å²) in [7, 11) is 1.57. The number of hydrogen-bond donors (Lipinski definition) is 1. The van der Waals surface area contributed by atoms with Crippen LogP contribution in [0, 0.1) is 0 Å². The molecule has 1 amide bonds. The molecule has 0 heterocycles. The van der Waals surface area contributed by atoms with Crippen molar-refractivity contribution < 1.29 is 19.1 Å². The molecule has 104 valence electrons. The first kappa shape index (κ1) is 14.8. The van der Waals surface area contributed by atoms with Crippen LogP contribution in [0.15, 0.2) is 23.4 Å². The third-order valence-corrected chi connectivity index (χ3v) is 2.13. The van der Waals surface area contributed by atoms with E-state index in [1.54, 1.807) is 19.2 Å². The summed E-state index contributed by atoms with van der Waals surface area (Å²) in [6, 6.07) is 5.37. The Morgan fingerprint density at radius 1 is 1.42 bits per heavy atom. The first-order valence-electron chi connectivity index (χ1n) is 5.91. The molecule has 2 N–H and O–H groups in total. The maximum Gasteiger partial charge on any atom is 0.258 e. The van der Waals surface area contributed by atoms with Crippen LogP contribution in [-0.4, -0.2) is 32.4 Å². The fraction of sp³-hybridized carbons (Fsp3) is 0.385. The van der Waals surface area contributed by atoms with Crippen LogP contribution in [0.5, 0.6) is 11.5 Å². The van der Waals surface area contributed by atoms with E-state index < -0.39 is 5.91 Å². The molecule has 19 heavy (non-hydrogen) atoms. The molecular weight excluding hydrogens is 248 g/mol. The second kappa shape index (κ2) is 7.97. The molecular formula is C13H18N2O4. The number of carbonyl (C=O) groups is 1. The molecule has 0 radical (unpaired) electrons. The van der Waals surface area contributed by atoms with Gasteiger partial charge in [0.05, 0.1) is 19.9 Å². The van der Waals surface area contributed by atoms with Gasteiger partial charge in [0.1, 0.15) is 0 Å². The van der Waals surface area contributed by atoms with Gasteiger partial charge in [0, 0.05) is 5.56 Å². The van der Waals surface area contributed by atoms with Crippen LogP contribution in [-0.2, 0) is 9.63 Å². The standard InChI is InChI=1S/C13H18N2O4/c1-3-6-18-11-5-4-10(7-12(11)17-2)8-15-19-9-13(14)16/h4-5,7-8H,3,6,9H2,1-2H3,(H2,14,16)/b15-8-. The van der Waals surface area contributed by atoms with Gasteiger partial charge in [-0.1, -0.05) is 12.1 Å². The highest BCUT2D eigenvalue weighted by molar-refractivity contribution is 5.80. The molecule has 1 aromatic carbocycles. The molecule has 6 nitrogen and oxygen atoms in total. The molecule has 0 saturated carbocycles. The number of carbonyl (C=O) groups excluding carboxylic acids is 1. The summed E-state index contributed by atoms with van der Waals surface area (Å²) in [5.41, 5.74) is 5.68. The van der Waals surface area contributed by atoms with Crippen molar-refractivity contribution in [2.45, 2.75) is 13.3 Å². The topological polar surface area (TPSA) is 83.1 Å².